The summed E-state index contributed by atoms with van der Waals surface area (Å²) in [5.74, 6) is 0.251. The fraction of sp³-hybridized carbons (Fsp3) is 0.0714. The number of hydrogen-bond acceptors (Lipinski definition) is 3. The molecule has 34 heavy (non-hydrogen) atoms. The molecule has 168 valence electrons. The number of halogens is 1. The van der Waals surface area contributed by atoms with E-state index < -0.39 is 6.03 Å². The van der Waals surface area contributed by atoms with Gasteiger partial charge in [0.25, 0.3) is 5.91 Å². The van der Waals surface area contributed by atoms with Crippen molar-refractivity contribution >= 4 is 44.7 Å². The van der Waals surface area contributed by atoms with E-state index >= 15 is 0 Å². The van der Waals surface area contributed by atoms with Crippen LogP contribution < -0.4 is 10.1 Å². The van der Waals surface area contributed by atoms with Gasteiger partial charge in [-0.3, -0.25) is 9.69 Å². The van der Waals surface area contributed by atoms with E-state index in [2.05, 4.69) is 39.4 Å². The number of carbonyl (C=O) groups is 2. The molecule has 6 heteroatoms. The number of urea groups is 1. The Kier molecular flexibility index (Phi) is 6.14. The van der Waals surface area contributed by atoms with Crippen LogP contribution in [0.15, 0.2) is 101 Å². The van der Waals surface area contributed by atoms with Crippen molar-refractivity contribution in [2.45, 2.75) is 13.2 Å². The molecule has 5 nitrogen and oxygen atoms in total. The fourth-order valence-corrected chi connectivity index (χ4v) is 4.35. The molecule has 1 fully saturated rings. The zero-order valence-corrected chi connectivity index (χ0v) is 19.8. The third kappa shape index (κ3) is 4.58. The highest BCUT2D eigenvalue weighted by Gasteiger charge is 2.33. The molecule has 0 aliphatic carbocycles. The van der Waals surface area contributed by atoms with Crippen LogP contribution >= 0.6 is 15.9 Å². The van der Waals surface area contributed by atoms with E-state index in [1.54, 1.807) is 6.08 Å². The largest absolute Gasteiger partial charge is 0.488 e. The number of nitrogens with one attached hydrogen (secondary N) is 1. The van der Waals surface area contributed by atoms with Gasteiger partial charge in [-0.05, 0) is 46.2 Å². The van der Waals surface area contributed by atoms with Crippen molar-refractivity contribution in [3.63, 3.8) is 0 Å². The molecule has 0 atom stereocenters. The maximum absolute atomic E-state index is 13.0. The Balaban J connectivity index is 1.39. The molecule has 1 aliphatic heterocycles. The Morgan fingerprint density at radius 1 is 0.882 bits per heavy atom. The molecule has 0 unspecified atom stereocenters. The molecule has 0 bridgehead atoms. The summed E-state index contributed by atoms with van der Waals surface area (Å²) in [6.07, 6.45) is 1.66. The topological polar surface area (TPSA) is 58.6 Å². The van der Waals surface area contributed by atoms with Gasteiger partial charge in [0.2, 0.25) is 0 Å². The van der Waals surface area contributed by atoms with Crippen LogP contribution in [0.4, 0.5) is 4.79 Å². The smallest absolute Gasteiger partial charge is 0.329 e. The Morgan fingerprint density at radius 3 is 2.50 bits per heavy atom. The zero-order valence-electron chi connectivity index (χ0n) is 18.2. The average Bonchev–Trinajstić information content (AvgIpc) is 3.11. The molecule has 0 spiro atoms. The Morgan fingerprint density at radius 2 is 1.65 bits per heavy atom. The monoisotopic (exact) mass is 512 g/mol. The number of fused-ring (bicyclic) bond motifs is 1. The minimum Gasteiger partial charge on any atom is -0.488 e. The van der Waals surface area contributed by atoms with Crippen molar-refractivity contribution < 1.29 is 14.3 Å². The van der Waals surface area contributed by atoms with Crippen molar-refractivity contribution in [2.24, 2.45) is 0 Å². The average molecular weight is 513 g/mol. The summed E-state index contributed by atoms with van der Waals surface area (Å²) in [5, 5.41) is 4.98. The van der Waals surface area contributed by atoms with Gasteiger partial charge in [0.05, 0.1) is 6.54 Å². The number of ether oxygens (including phenoxy) is 1. The first-order valence-corrected chi connectivity index (χ1v) is 11.7. The molecule has 0 radical (unpaired) electrons. The van der Waals surface area contributed by atoms with Crippen molar-refractivity contribution in [1.82, 2.24) is 10.2 Å². The highest BCUT2D eigenvalue weighted by Crippen LogP contribution is 2.28. The summed E-state index contributed by atoms with van der Waals surface area (Å²) in [4.78, 5) is 26.7. The molecule has 0 aromatic heterocycles. The van der Waals surface area contributed by atoms with Gasteiger partial charge in [-0.1, -0.05) is 88.7 Å². The predicted octanol–water partition coefficient (Wildman–Crippen LogP) is 6.27. The van der Waals surface area contributed by atoms with Crippen LogP contribution in [-0.2, 0) is 17.9 Å². The van der Waals surface area contributed by atoms with Crippen LogP contribution in [-0.4, -0.2) is 16.8 Å². The molecule has 5 rings (SSSR count). The lowest BCUT2D eigenvalue weighted by molar-refractivity contribution is -0.123. The second kappa shape index (κ2) is 9.53. The van der Waals surface area contributed by atoms with Gasteiger partial charge in [-0.15, -0.1) is 0 Å². The number of hydrogen-bond donors (Lipinski definition) is 1. The Labute approximate surface area is 205 Å². The third-order valence-corrected chi connectivity index (χ3v) is 6.17. The second-order valence-corrected chi connectivity index (χ2v) is 8.89. The second-order valence-electron chi connectivity index (χ2n) is 7.97. The first-order chi connectivity index (χ1) is 16.6. The van der Waals surface area contributed by atoms with Gasteiger partial charge in [-0.25, -0.2) is 4.79 Å². The SMILES string of the molecule is O=C1N/C(=C/c2cc(Br)ccc2OCc2cccc3ccccc23)C(=O)N1Cc1ccccc1. The van der Waals surface area contributed by atoms with E-state index in [1.807, 2.05) is 72.8 Å². The van der Waals surface area contributed by atoms with E-state index in [9.17, 15) is 9.59 Å². The molecule has 4 aromatic rings. The van der Waals surface area contributed by atoms with Crippen molar-refractivity contribution in [2.75, 3.05) is 0 Å². The van der Waals surface area contributed by atoms with Gasteiger partial charge in [-0.2, -0.15) is 0 Å². The number of nitrogens with zero attached hydrogens (tertiary/aromatic N) is 1. The molecule has 1 heterocycles. The third-order valence-electron chi connectivity index (χ3n) is 5.68. The Bertz CT molecular complexity index is 1410. The highest BCUT2D eigenvalue weighted by molar-refractivity contribution is 9.10. The number of benzene rings is 4. The van der Waals surface area contributed by atoms with E-state index in [-0.39, 0.29) is 18.1 Å². The first kappa shape index (κ1) is 21.9. The lowest BCUT2D eigenvalue weighted by atomic mass is 10.1. The Hall–Kier alpha value is -3.90. The van der Waals surface area contributed by atoms with Gasteiger partial charge in [0.15, 0.2) is 0 Å². The highest BCUT2D eigenvalue weighted by atomic mass is 79.9. The molecule has 4 aromatic carbocycles. The van der Waals surface area contributed by atoms with E-state index in [0.29, 0.717) is 17.9 Å². The molecular formula is C28H21BrN2O3. The summed E-state index contributed by atoms with van der Waals surface area (Å²) in [6.45, 7) is 0.589. The maximum Gasteiger partial charge on any atom is 0.329 e. The van der Waals surface area contributed by atoms with Crippen molar-refractivity contribution in [3.05, 3.63) is 118 Å². The fourth-order valence-electron chi connectivity index (χ4n) is 3.97. The molecule has 1 saturated heterocycles. The van der Waals surface area contributed by atoms with Gasteiger partial charge < -0.3 is 10.1 Å². The van der Waals surface area contributed by atoms with Crippen LogP contribution in [0.25, 0.3) is 16.8 Å². The standard InChI is InChI=1S/C28H21BrN2O3/c29-23-13-14-26(34-18-21-11-6-10-20-9-4-5-12-24(20)21)22(15-23)16-25-27(32)31(28(33)30-25)17-19-7-2-1-3-8-19/h1-16H,17-18H2,(H,30,33)/b25-16+. The summed E-state index contributed by atoms with van der Waals surface area (Å²) in [7, 11) is 0. The molecule has 3 amide bonds. The number of amides is 3. The van der Waals surface area contributed by atoms with Crippen LogP contribution in [0.2, 0.25) is 0 Å². The number of carbonyl (C=O) groups excluding carboxylic acids is 2. The van der Waals surface area contributed by atoms with E-state index in [1.165, 1.54) is 4.90 Å². The lowest BCUT2D eigenvalue weighted by Gasteiger charge is -2.12. The van der Waals surface area contributed by atoms with Crippen LogP contribution in [0.5, 0.6) is 5.75 Å². The quantitative estimate of drug-likeness (QED) is 0.244. The number of imide groups is 1. The van der Waals surface area contributed by atoms with Gasteiger partial charge >= 0.3 is 6.03 Å². The zero-order chi connectivity index (χ0) is 23.5. The van der Waals surface area contributed by atoms with Crippen molar-refractivity contribution in [1.29, 1.82) is 0 Å². The van der Waals surface area contributed by atoms with Gasteiger partial charge in [0.1, 0.15) is 18.1 Å². The lowest BCUT2D eigenvalue weighted by Crippen LogP contribution is -2.30. The molecule has 0 saturated carbocycles. The van der Waals surface area contributed by atoms with Crippen LogP contribution in [0.3, 0.4) is 0 Å². The maximum atomic E-state index is 13.0. The summed E-state index contributed by atoms with van der Waals surface area (Å²) in [5.41, 5.74) is 2.86. The normalized spacial score (nSPS) is 14.6. The van der Waals surface area contributed by atoms with E-state index in [0.717, 1.165) is 26.4 Å². The van der Waals surface area contributed by atoms with Crippen LogP contribution in [0, 0.1) is 0 Å². The number of rotatable bonds is 6. The molecular weight excluding hydrogens is 492 g/mol. The first-order valence-electron chi connectivity index (χ1n) is 10.9. The molecule has 1 N–H and O–H groups in total. The molecule has 1 aliphatic rings. The van der Waals surface area contributed by atoms with Gasteiger partial charge in [0, 0.05) is 10.0 Å². The minimum atomic E-state index is -0.437. The minimum absolute atomic E-state index is 0.214. The van der Waals surface area contributed by atoms with E-state index in [4.69, 9.17) is 4.74 Å². The van der Waals surface area contributed by atoms with Crippen LogP contribution in [0.1, 0.15) is 16.7 Å². The summed E-state index contributed by atoms with van der Waals surface area (Å²) >= 11 is 3.49. The predicted molar refractivity (Wildman–Crippen MR) is 136 cm³/mol. The summed E-state index contributed by atoms with van der Waals surface area (Å²) in [6, 6.07) is 28.9. The summed E-state index contributed by atoms with van der Waals surface area (Å²) < 4.78 is 7.02. The van der Waals surface area contributed by atoms with Crippen molar-refractivity contribution in [3.8, 4) is 5.75 Å².